The van der Waals surface area contributed by atoms with Gasteiger partial charge in [-0.15, -0.1) is 6.42 Å². The Morgan fingerprint density at radius 1 is 1.31 bits per heavy atom. The second-order valence-corrected chi connectivity index (χ2v) is 6.22. The van der Waals surface area contributed by atoms with Crippen LogP contribution < -0.4 is 0 Å². The first-order valence-electron chi connectivity index (χ1n) is 8.08. The second kappa shape index (κ2) is 7.20. The maximum Gasteiger partial charge on any atom is 0.471 e. The van der Waals surface area contributed by atoms with Gasteiger partial charge in [0.1, 0.15) is 0 Å². The Labute approximate surface area is 148 Å². The third-order valence-corrected chi connectivity index (χ3v) is 4.04. The molecule has 0 saturated heterocycles. The summed E-state index contributed by atoms with van der Waals surface area (Å²) in [7, 11) is 0. The molecule has 0 unspecified atom stereocenters. The number of carbonyl (C=O) groups excluding carboxylic acids is 1. The highest BCUT2D eigenvalue weighted by Crippen LogP contribution is 2.31. The minimum atomic E-state index is -4.67. The van der Waals surface area contributed by atoms with Gasteiger partial charge in [-0.05, 0) is 24.3 Å². The molecule has 1 aromatic carbocycles. The summed E-state index contributed by atoms with van der Waals surface area (Å²) >= 11 is 0. The first kappa shape index (κ1) is 18.0. The van der Waals surface area contributed by atoms with Crippen molar-refractivity contribution in [3.8, 4) is 23.7 Å². The van der Waals surface area contributed by atoms with Gasteiger partial charge in [-0.2, -0.15) is 18.2 Å². The monoisotopic (exact) mass is 363 g/mol. The van der Waals surface area contributed by atoms with Crippen LogP contribution in [0.3, 0.4) is 0 Å². The van der Waals surface area contributed by atoms with E-state index >= 15 is 0 Å². The quantitative estimate of drug-likeness (QED) is 0.737. The van der Waals surface area contributed by atoms with E-state index in [1.165, 1.54) is 0 Å². The van der Waals surface area contributed by atoms with Crippen LogP contribution >= 0.6 is 0 Å². The Morgan fingerprint density at radius 3 is 2.54 bits per heavy atom. The third kappa shape index (κ3) is 4.42. The fourth-order valence-corrected chi connectivity index (χ4v) is 2.50. The molecule has 26 heavy (non-hydrogen) atoms. The van der Waals surface area contributed by atoms with E-state index in [0.29, 0.717) is 24.6 Å². The Morgan fingerprint density at radius 2 is 2.00 bits per heavy atom. The lowest BCUT2D eigenvalue weighted by molar-refractivity contribution is -0.159. The number of alkyl halides is 3. The largest absolute Gasteiger partial charge is 0.471 e. The molecule has 2 aromatic rings. The number of hydrogen-bond acceptors (Lipinski definition) is 4. The minimum absolute atomic E-state index is 0.0495. The van der Waals surface area contributed by atoms with E-state index in [1.807, 2.05) is 0 Å². The van der Waals surface area contributed by atoms with E-state index in [9.17, 15) is 18.0 Å². The normalized spacial score (nSPS) is 14.1. The second-order valence-electron chi connectivity index (χ2n) is 6.22. The van der Waals surface area contributed by atoms with Gasteiger partial charge in [0.25, 0.3) is 0 Å². The molecule has 0 aliphatic heterocycles. The van der Waals surface area contributed by atoms with Crippen LogP contribution in [-0.4, -0.2) is 27.5 Å². The molecule has 1 fully saturated rings. The van der Waals surface area contributed by atoms with E-state index in [4.69, 9.17) is 6.42 Å². The Bertz CT molecular complexity index is 817. The van der Waals surface area contributed by atoms with Crippen molar-refractivity contribution in [1.82, 2.24) is 15.0 Å². The molecule has 8 heteroatoms. The first-order valence-corrected chi connectivity index (χ1v) is 8.08. The van der Waals surface area contributed by atoms with Crippen molar-refractivity contribution in [3.05, 3.63) is 35.7 Å². The van der Waals surface area contributed by atoms with Gasteiger partial charge < -0.3 is 9.42 Å². The van der Waals surface area contributed by atoms with Crippen molar-refractivity contribution in [2.24, 2.45) is 5.92 Å². The van der Waals surface area contributed by atoms with Crippen LogP contribution in [0.25, 0.3) is 11.4 Å². The molecule has 0 spiro atoms. The van der Waals surface area contributed by atoms with E-state index in [1.54, 1.807) is 29.2 Å². The van der Waals surface area contributed by atoms with E-state index in [2.05, 4.69) is 20.6 Å². The van der Waals surface area contributed by atoms with Crippen LogP contribution in [0.2, 0.25) is 0 Å². The average molecular weight is 363 g/mol. The van der Waals surface area contributed by atoms with Crippen LogP contribution in [-0.2, 0) is 17.5 Å². The number of nitrogens with zero attached hydrogens (tertiary/aromatic N) is 3. The zero-order valence-electron chi connectivity index (χ0n) is 13.8. The molecule has 3 rings (SSSR count). The summed E-state index contributed by atoms with van der Waals surface area (Å²) < 4.78 is 41.8. The van der Waals surface area contributed by atoms with Crippen LogP contribution in [0, 0.1) is 18.3 Å². The molecule has 0 bridgehead atoms. The molecular weight excluding hydrogens is 347 g/mol. The number of terminal acetylenes is 1. The van der Waals surface area contributed by atoms with Gasteiger partial charge in [0.05, 0.1) is 6.42 Å². The predicted molar refractivity (Wildman–Crippen MR) is 86.3 cm³/mol. The number of benzene rings is 1. The third-order valence-electron chi connectivity index (χ3n) is 4.04. The molecular formula is C18H16F3N3O2. The van der Waals surface area contributed by atoms with Gasteiger partial charge >= 0.3 is 12.1 Å². The van der Waals surface area contributed by atoms with Gasteiger partial charge in [0, 0.05) is 18.7 Å². The van der Waals surface area contributed by atoms with E-state index in [0.717, 1.165) is 18.4 Å². The van der Waals surface area contributed by atoms with Crippen molar-refractivity contribution >= 4 is 5.91 Å². The number of carbonyl (C=O) groups is 1. The maximum absolute atomic E-state index is 12.5. The molecule has 1 saturated carbocycles. The van der Waals surface area contributed by atoms with E-state index < -0.39 is 12.1 Å². The predicted octanol–water partition coefficient (Wildman–Crippen LogP) is 3.52. The lowest BCUT2D eigenvalue weighted by Gasteiger charge is -2.22. The standard InChI is InChI=1S/C18H16F3N3O2/c1-2-3-15(25)24(10-12-4-5-12)11-13-6-8-14(9-7-13)16-22-17(26-23-16)18(19,20)21/h1,6-9,12H,3-5,10-11H2. The summed E-state index contributed by atoms with van der Waals surface area (Å²) in [6, 6.07) is 6.65. The van der Waals surface area contributed by atoms with Crippen molar-refractivity contribution in [3.63, 3.8) is 0 Å². The highest BCUT2D eigenvalue weighted by Gasteiger charge is 2.38. The molecule has 1 heterocycles. The van der Waals surface area contributed by atoms with Crippen LogP contribution in [0.4, 0.5) is 13.2 Å². The van der Waals surface area contributed by atoms with Crippen molar-refractivity contribution < 1.29 is 22.5 Å². The highest BCUT2D eigenvalue weighted by molar-refractivity contribution is 5.78. The number of halogens is 3. The fraction of sp³-hybridized carbons (Fsp3) is 0.389. The summed E-state index contributed by atoms with van der Waals surface area (Å²) in [5.74, 6) is 1.27. The molecule has 0 N–H and O–H groups in total. The van der Waals surface area contributed by atoms with Gasteiger partial charge in [-0.3, -0.25) is 4.79 Å². The SMILES string of the molecule is C#CCC(=O)N(Cc1ccc(-c2noc(C(F)(F)F)n2)cc1)CC1CC1. The molecule has 5 nitrogen and oxygen atoms in total. The number of rotatable bonds is 6. The van der Waals surface area contributed by atoms with Crippen molar-refractivity contribution in [2.45, 2.75) is 32.0 Å². The minimum Gasteiger partial charge on any atom is -0.337 e. The summed E-state index contributed by atoms with van der Waals surface area (Å²) in [5.41, 5.74) is 1.25. The Hall–Kier alpha value is -2.82. The molecule has 1 aliphatic rings. The zero-order valence-corrected chi connectivity index (χ0v) is 13.8. The lowest BCUT2D eigenvalue weighted by atomic mass is 10.1. The molecule has 0 radical (unpaired) electrons. The maximum atomic E-state index is 12.5. The number of aromatic nitrogens is 2. The smallest absolute Gasteiger partial charge is 0.337 e. The van der Waals surface area contributed by atoms with Gasteiger partial charge in [-0.25, -0.2) is 0 Å². The molecule has 0 atom stereocenters. The summed E-state index contributed by atoms with van der Waals surface area (Å²) in [6.45, 7) is 1.07. The van der Waals surface area contributed by atoms with Crippen molar-refractivity contribution in [2.75, 3.05) is 6.54 Å². The molecule has 1 amide bonds. The molecule has 1 aromatic heterocycles. The zero-order chi connectivity index (χ0) is 18.7. The highest BCUT2D eigenvalue weighted by atomic mass is 19.4. The molecule has 136 valence electrons. The van der Waals surface area contributed by atoms with Crippen molar-refractivity contribution in [1.29, 1.82) is 0 Å². The summed E-state index contributed by atoms with van der Waals surface area (Å²) in [4.78, 5) is 17.2. The summed E-state index contributed by atoms with van der Waals surface area (Å²) in [5, 5.41) is 3.35. The topological polar surface area (TPSA) is 59.2 Å². The Balaban J connectivity index is 1.70. The number of hydrogen-bond donors (Lipinski definition) is 0. The van der Waals surface area contributed by atoms with Gasteiger partial charge in [-0.1, -0.05) is 35.3 Å². The Kier molecular flexibility index (Phi) is 4.98. The first-order chi connectivity index (χ1) is 12.4. The molecule has 1 aliphatic carbocycles. The van der Waals surface area contributed by atoms with Crippen LogP contribution in [0.1, 0.15) is 30.7 Å². The lowest BCUT2D eigenvalue weighted by Crippen LogP contribution is -2.32. The van der Waals surface area contributed by atoms with Gasteiger partial charge in [0.2, 0.25) is 11.7 Å². The van der Waals surface area contributed by atoms with Crippen LogP contribution in [0.15, 0.2) is 28.8 Å². The number of amides is 1. The van der Waals surface area contributed by atoms with Crippen LogP contribution in [0.5, 0.6) is 0 Å². The van der Waals surface area contributed by atoms with Gasteiger partial charge in [0.15, 0.2) is 0 Å². The fourth-order valence-electron chi connectivity index (χ4n) is 2.50. The van der Waals surface area contributed by atoms with E-state index in [-0.39, 0.29) is 18.2 Å². The summed E-state index contributed by atoms with van der Waals surface area (Å²) in [6.07, 6.45) is 2.82. The average Bonchev–Trinajstić information content (AvgIpc) is 3.26.